The Morgan fingerprint density at radius 2 is 1.70 bits per heavy atom. The number of ether oxygens (including phenoxy) is 3. The van der Waals surface area contributed by atoms with Gasteiger partial charge in [0.2, 0.25) is 0 Å². The first-order chi connectivity index (χ1) is 16.0. The summed E-state index contributed by atoms with van der Waals surface area (Å²) in [4.78, 5) is 24.3. The molecule has 0 spiro atoms. The van der Waals surface area contributed by atoms with Gasteiger partial charge >= 0.3 is 5.97 Å². The molecule has 170 valence electrons. The van der Waals surface area contributed by atoms with Gasteiger partial charge in [-0.15, -0.1) is 0 Å². The largest absolute Gasteiger partial charge is 0.490 e. The lowest BCUT2D eigenvalue weighted by Gasteiger charge is -2.11. The summed E-state index contributed by atoms with van der Waals surface area (Å²) in [6.45, 7) is 6.06. The molecule has 3 aromatic rings. The SMILES string of the molecule is CCOc1cc(/C=N\NC(=O)COc2ccc(C)c(C)c2)ccc1OC(=O)c1ccccc1. The maximum atomic E-state index is 12.3. The number of nitrogens with zero attached hydrogens (tertiary/aromatic N) is 1. The van der Waals surface area contributed by atoms with E-state index in [2.05, 4.69) is 10.5 Å². The first-order valence-corrected chi connectivity index (χ1v) is 10.5. The number of carbonyl (C=O) groups excluding carboxylic acids is 2. The van der Waals surface area contributed by atoms with Crippen LogP contribution in [0, 0.1) is 13.8 Å². The Labute approximate surface area is 193 Å². The predicted molar refractivity (Wildman–Crippen MR) is 126 cm³/mol. The molecule has 0 aliphatic rings. The fraction of sp³-hybridized carbons (Fsp3) is 0.192. The first kappa shape index (κ1) is 23.5. The number of hydrogen-bond acceptors (Lipinski definition) is 6. The van der Waals surface area contributed by atoms with Crippen molar-refractivity contribution in [2.75, 3.05) is 13.2 Å². The molecule has 0 aliphatic carbocycles. The monoisotopic (exact) mass is 446 g/mol. The molecule has 33 heavy (non-hydrogen) atoms. The summed E-state index contributed by atoms with van der Waals surface area (Å²) in [6, 6.07) is 19.4. The average Bonchev–Trinajstić information content (AvgIpc) is 2.82. The van der Waals surface area contributed by atoms with Crippen molar-refractivity contribution in [3.05, 3.63) is 89.0 Å². The number of carbonyl (C=O) groups is 2. The zero-order chi connectivity index (χ0) is 23.6. The summed E-state index contributed by atoms with van der Waals surface area (Å²) in [5.74, 6) is 0.458. The lowest BCUT2D eigenvalue weighted by Crippen LogP contribution is -2.24. The second kappa shape index (κ2) is 11.5. The fourth-order valence-corrected chi connectivity index (χ4v) is 2.85. The Kier molecular flexibility index (Phi) is 8.18. The molecule has 0 bridgehead atoms. The molecular weight excluding hydrogens is 420 g/mol. The van der Waals surface area contributed by atoms with Gasteiger partial charge in [0.15, 0.2) is 18.1 Å². The summed E-state index contributed by atoms with van der Waals surface area (Å²) in [7, 11) is 0. The standard InChI is InChI=1S/C26H26N2O5/c1-4-31-24-15-20(11-13-23(24)33-26(30)21-8-6-5-7-9-21)16-27-28-25(29)17-32-22-12-10-18(2)19(3)14-22/h5-16H,4,17H2,1-3H3,(H,28,29)/b27-16-. The van der Waals surface area contributed by atoms with Crippen LogP contribution in [0.15, 0.2) is 71.8 Å². The van der Waals surface area contributed by atoms with E-state index in [0.29, 0.717) is 35.0 Å². The second-order valence-electron chi connectivity index (χ2n) is 7.22. The van der Waals surface area contributed by atoms with Crippen molar-refractivity contribution in [1.82, 2.24) is 5.43 Å². The van der Waals surface area contributed by atoms with Gasteiger partial charge in [-0.3, -0.25) is 4.79 Å². The van der Waals surface area contributed by atoms with Gasteiger partial charge in [0, 0.05) is 0 Å². The van der Waals surface area contributed by atoms with Crippen LogP contribution in [0.3, 0.4) is 0 Å². The van der Waals surface area contributed by atoms with Crippen molar-refractivity contribution in [2.24, 2.45) is 5.10 Å². The molecule has 0 saturated carbocycles. The van der Waals surface area contributed by atoms with Crippen LogP contribution in [0.5, 0.6) is 17.2 Å². The molecule has 0 fully saturated rings. The Balaban J connectivity index is 1.58. The zero-order valence-corrected chi connectivity index (χ0v) is 18.8. The number of benzene rings is 3. The van der Waals surface area contributed by atoms with Gasteiger partial charge in [-0.25, -0.2) is 10.2 Å². The highest BCUT2D eigenvalue weighted by molar-refractivity contribution is 5.91. The second-order valence-corrected chi connectivity index (χ2v) is 7.22. The molecule has 3 aromatic carbocycles. The van der Waals surface area contributed by atoms with Gasteiger partial charge in [0.05, 0.1) is 18.4 Å². The van der Waals surface area contributed by atoms with Crippen molar-refractivity contribution in [2.45, 2.75) is 20.8 Å². The Morgan fingerprint density at radius 3 is 2.42 bits per heavy atom. The van der Waals surface area contributed by atoms with E-state index < -0.39 is 5.97 Å². The van der Waals surface area contributed by atoms with Crippen molar-refractivity contribution in [3.8, 4) is 17.2 Å². The molecule has 7 nitrogen and oxygen atoms in total. The van der Waals surface area contributed by atoms with Crippen LogP contribution in [0.1, 0.15) is 34.0 Å². The highest BCUT2D eigenvalue weighted by Gasteiger charge is 2.13. The van der Waals surface area contributed by atoms with Crippen molar-refractivity contribution in [3.63, 3.8) is 0 Å². The Morgan fingerprint density at radius 1 is 0.909 bits per heavy atom. The molecule has 0 unspecified atom stereocenters. The highest BCUT2D eigenvalue weighted by atomic mass is 16.6. The van der Waals surface area contributed by atoms with Crippen LogP contribution >= 0.6 is 0 Å². The van der Waals surface area contributed by atoms with Crippen LogP contribution in [-0.2, 0) is 4.79 Å². The highest BCUT2D eigenvalue weighted by Crippen LogP contribution is 2.29. The van der Waals surface area contributed by atoms with Crippen molar-refractivity contribution in [1.29, 1.82) is 0 Å². The minimum Gasteiger partial charge on any atom is -0.490 e. The maximum Gasteiger partial charge on any atom is 0.343 e. The van der Waals surface area contributed by atoms with E-state index in [-0.39, 0.29) is 12.5 Å². The van der Waals surface area contributed by atoms with Crippen molar-refractivity contribution >= 4 is 18.1 Å². The number of hydrogen-bond donors (Lipinski definition) is 1. The number of hydrazone groups is 1. The van der Waals surface area contributed by atoms with E-state index >= 15 is 0 Å². The average molecular weight is 447 g/mol. The number of nitrogens with one attached hydrogen (secondary N) is 1. The fourth-order valence-electron chi connectivity index (χ4n) is 2.85. The molecule has 3 rings (SSSR count). The van der Waals surface area contributed by atoms with Crippen LogP contribution < -0.4 is 19.6 Å². The molecular formula is C26H26N2O5. The minimum absolute atomic E-state index is 0.154. The number of rotatable bonds is 9. The maximum absolute atomic E-state index is 12.3. The lowest BCUT2D eigenvalue weighted by atomic mass is 10.1. The smallest absolute Gasteiger partial charge is 0.343 e. The number of aryl methyl sites for hydroxylation is 2. The van der Waals surface area contributed by atoms with Crippen LogP contribution in [0.25, 0.3) is 0 Å². The molecule has 0 atom stereocenters. The first-order valence-electron chi connectivity index (χ1n) is 10.5. The van der Waals surface area contributed by atoms with E-state index in [1.807, 2.05) is 45.0 Å². The summed E-state index contributed by atoms with van der Waals surface area (Å²) < 4.78 is 16.6. The summed E-state index contributed by atoms with van der Waals surface area (Å²) >= 11 is 0. The third-order valence-corrected chi connectivity index (χ3v) is 4.73. The molecule has 1 N–H and O–H groups in total. The Bertz CT molecular complexity index is 1140. The third kappa shape index (κ3) is 6.93. The van der Waals surface area contributed by atoms with E-state index in [0.717, 1.165) is 11.1 Å². The normalized spacial score (nSPS) is 10.6. The zero-order valence-electron chi connectivity index (χ0n) is 18.8. The lowest BCUT2D eigenvalue weighted by molar-refractivity contribution is -0.123. The number of amides is 1. The summed E-state index contributed by atoms with van der Waals surface area (Å²) in [5, 5.41) is 3.96. The van der Waals surface area contributed by atoms with Gasteiger partial charge in [0.1, 0.15) is 5.75 Å². The van der Waals surface area contributed by atoms with E-state index in [9.17, 15) is 9.59 Å². The molecule has 0 heterocycles. The third-order valence-electron chi connectivity index (χ3n) is 4.73. The van der Waals surface area contributed by atoms with E-state index in [1.54, 1.807) is 42.5 Å². The predicted octanol–water partition coefficient (Wildman–Crippen LogP) is 4.45. The van der Waals surface area contributed by atoms with Gasteiger partial charge < -0.3 is 14.2 Å². The molecule has 0 aromatic heterocycles. The molecule has 0 saturated heterocycles. The van der Waals surface area contributed by atoms with E-state index in [1.165, 1.54) is 6.21 Å². The summed E-state index contributed by atoms with van der Waals surface area (Å²) in [5.41, 5.74) is 5.78. The van der Waals surface area contributed by atoms with Crippen molar-refractivity contribution < 1.29 is 23.8 Å². The van der Waals surface area contributed by atoms with Crippen LogP contribution in [0.4, 0.5) is 0 Å². The molecule has 0 radical (unpaired) electrons. The topological polar surface area (TPSA) is 86.2 Å². The number of esters is 1. The van der Waals surface area contributed by atoms with Gasteiger partial charge in [-0.1, -0.05) is 24.3 Å². The Hall–Kier alpha value is -4.13. The summed E-state index contributed by atoms with van der Waals surface area (Å²) in [6.07, 6.45) is 1.47. The minimum atomic E-state index is -0.478. The molecule has 7 heteroatoms. The quantitative estimate of drug-likeness (QED) is 0.227. The molecule has 1 amide bonds. The van der Waals surface area contributed by atoms with Crippen LogP contribution in [-0.4, -0.2) is 31.3 Å². The van der Waals surface area contributed by atoms with Gasteiger partial charge in [0.25, 0.3) is 5.91 Å². The van der Waals surface area contributed by atoms with E-state index in [4.69, 9.17) is 14.2 Å². The van der Waals surface area contributed by atoms with Gasteiger partial charge in [-0.2, -0.15) is 5.10 Å². The molecule has 0 aliphatic heterocycles. The van der Waals surface area contributed by atoms with Gasteiger partial charge in [-0.05, 0) is 79.9 Å². The van der Waals surface area contributed by atoms with Crippen LogP contribution in [0.2, 0.25) is 0 Å².